The van der Waals surface area contributed by atoms with Crippen molar-refractivity contribution in [2.45, 2.75) is 6.92 Å². The van der Waals surface area contributed by atoms with Crippen molar-refractivity contribution < 1.29 is 9.59 Å². The van der Waals surface area contributed by atoms with Crippen LogP contribution in [0.1, 0.15) is 33.3 Å². The van der Waals surface area contributed by atoms with Gasteiger partial charge in [-0.3, -0.25) is 9.59 Å². The van der Waals surface area contributed by atoms with Crippen LogP contribution in [-0.2, 0) is 0 Å². The van der Waals surface area contributed by atoms with Gasteiger partial charge in [-0.2, -0.15) is 5.26 Å². The van der Waals surface area contributed by atoms with Crippen LogP contribution in [-0.4, -0.2) is 21.9 Å². The van der Waals surface area contributed by atoms with Crippen LogP contribution in [0, 0.1) is 11.3 Å². The Kier molecular flexibility index (Phi) is 5.19. The molecule has 0 spiro atoms. The van der Waals surface area contributed by atoms with Gasteiger partial charge in [-0.1, -0.05) is 6.07 Å². The van der Waals surface area contributed by atoms with Crippen molar-refractivity contribution in [2.75, 3.05) is 10.6 Å². The molecule has 0 unspecified atom stereocenters. The number of benzene rings is 2. The molecule has 3 rings (SSSR count). The van der Waals surface area contributed by atoms with Crippen molar-refractivity contribution in [2.24, 2.45) is 0 Å². The first-order valence-corrected chi connectivity index (χ1v) is 8.08. The van der Waals surface area contributed by atoms with Gasteiger partial charge < -0.3 is 10.6 Å². The average Bonchev–Trinajstić information content (AvgIpc) is 2.69. The lowest BCUT2D eigenvalue weighted by atomic mass is 10.1. The second kappa shape index (κ2) is 7.89. The van der Waals surface area contributed by atoms with Crippen LogP contribution in [0.4, 0.5) is 17.2 Å². The van der Waals surface area contributed by atoms with Gasteiger partial charge in [-0.15, -0.1) is 10.2 Å². The molecule has 2 aromatic carbocycles. The normalized spacial score (nSPS) is 9.93. The van der Waals surface area contributed by atoms with E-state index < -0.39 is 5.91 Å². The number of hydrogen-bond acceptors (Lipinski definition) is 6. The maximum absolute atomic E-state index is 12.2. The quantitative estimate of drug-likeness (QED) is 0.676. The maximum atomic E-state index is 12.2. The van der Waals surface area contributed by atoms with Crippen molar-refractivity contribution in [3.63, 3.8) is 0 Å². The van der Waals surface area contributed by atoms with Crippen molar-refractivity contribution in [1.29, 1.82) is 5.26 Å². The van der Waals surface area contributed by atoms with Gasteiger partial charge in [0.25, 0.3) is 5.91 Å². The van der Waals surface area contributed by atoms with E-state index in [2.05, 4.69) is 20.8 Å². The number of ketones is 1. The first-order chi connectivity index (χ1) is 13.0. The topological polar surface area (TPSA) is 108 Å². The van der Waals surface area contributed by atoms with Crippen LogP contribution in [0.3, 0.4) is 0 Å². The predicted octanol–water partition coefficient (Wildman–Crippen LogP) is 3.55. The summed E-state index contributed by atoms with van der Waals surface area (Å²) in [4.78, 5) is 23.5. The van der Waals surface area contributed by atoms with Gasteiger partial charge in [0.05, 0.1) is 11.6 Å². The molecule has 2 N–H and O–H groups in total. The predicted molar refractivity (Wildman–Crippen MR) is 101 cm³/mol. The lowest BCUT2D eigenvalue weighted by molar-refractivity contribution is 0.101. The molecule has 0 bridgehead atoms. The summed E-state index contributed by atoms with van der Waals surface area (Å²) in [5, 5.41) is 22.5. The Labute approximate surface area is 155 Å². The van der Waals surface area contributed by atoms with E-state index >= 15 is 0 Å². The fourth-order valence-corrected chi connectivity index (χ4v) is 2.32. The Morgan fingerprint density at radius 2 is 1.74 bits per heavy atom. The molecule has 0 radical (unpaired) electrons. The molecule has 7 heteroatoms. The number of carbonyl (C=O) groups excluding carboxylic acids is 2. The highest BCUT2D eigenvalue weighted by molar-refractivity contribution is 6.02. The van der Waals surface area contributed by atoms with Gasteiger partial charge in [0.2, 0.25) is 0 Å². The number of carbonyl (C=O) groups is 2. The van der Waals surface area contributed by atoms with E-state index in [0.717, 1.165) is 5.69 Å². The van der Waals surface area contributed by atoms with Crippen LogP contribution < -0.4 is 10.6 Å². The van der Waals surface area contributed by atoms with Gasteiger partial charge in [0, 0.05) is 16.9 Å². The Balaban J connectivity index is 1.66. The summed E-state index contributed by atoms with van der Waals surface area (Å²) in [6.07, 6.45) is 0. The molecule has 0 aliphatic carbocycles. The highest BCUT2D eigenvalue weighted by Gasteiger charge is 2.09. The third-order valence-corrected chi connectivity index (χ3v) is 3.71. The van der Waals surface area contributed by atoms with Gasteiger partial charge >= 0.3 is 0 Å². The number of amides is 1. The zero-order valence-electron chi connectivity index (χ0n) is 14.4. The number of nitrogens with zero attached hydrogens (tertiary/aromatic N) is 3. The number of hydrogen-bond donors (Lipinski definition) is 2. The molecule has 0 saturated carbocycles. The molecular formula is C20H15N5O2. The summed E-state index contributed by atoms with van der Waals surface area (Å²) < 4.78 is 0. The van der Waals surface area contributed by atoms with Crippen molar-refractivity contribution in [3.8, 4) is 6.07 Å². The second-order valence-corrected chi connectivity index (χ2v) is 5.71. The highest BCUT2D eigenvalue weighted by Crippen LogP contribution is 2.16. The second-order valence-electron chi connectivity index (χ2n) is 5.71. The molecule has 0 saturated heterocycles. The molecule has 3 aromatic rings. The van der Waals surface area contributed by atoms with Gasteiger partial charge in [0.15, 0.2) is 17.3 Å². The number of rotatable bonds is 5. The summed E-state index contributed by atoms with van der Waals surface area (Å²) in [5.41, 5.74) is 2.48. The molecule has 1 amide bonds. The minimum atomic E-state index is -0.421. The van der Waals surface area contributed by atoms with E-state index in [4.69, 9.17) is 5.26 Å². The van der Waals surface area contributed by atoms with Crippen molar-refractivity contribution in [1.82, 2.24) is 10.2 Å². The molecule has 0 atom stereocenters. The summed E-state index contributed by atoms with van der Waals surface area (Å²) >= 11 is 0. The Morgan fingerprint density at radius 3 is 2.37 bits per heavy atom. The maximum Gasteiger partial charge on any atom is 0.276 e. The lowest BCUT2D eigenvalue weighted by Gasteiger charge is -2.07. The van der Waals surface area contributed by atoms with Gasteiger partial charge in [-0.05, 0) is 61.5 Å². The molecule has 7 nitrogen and oxygen atoms in total. The number of nitriles is 1. The van der Waals surface area contributed by atoms with Gasteiger partial charge in [0.1, 0.15) is 0 Å². The van der Waals surface area contributed by atoms with E-state index in [1.807, 2.05) is 6.07 Å². The lowest BCUT2D eigenvalue weighted by Crippen LogP contribution is -2.14. The molecule has 0 aliphatic heterocycles. The molecule has 1 aromatic heterocycles. The van der Waals surface area contributed by atoms with Crippen molar-refractivity contribution in [3.05, 3.63) is 77.5 Å². The third kappa shape index (κ3) is 4.52. The average molecular weight is 357 g/mol. The molecular weight excluding hydrogens is 342 g/mol. The number of anilines is 3. The third-order valence-electron chi connectivity index (χ3n) is 3.71. The van der Waals surface area contributed by atoms with Crippen LogP contribution >= 0.6 is 0 Å². The van der Waals surface area contributed by atoms with Crippen LogP contribution in [0.25, 0.3) is 0 Å². The fraction of sp³-hybridized carbons (Fsp3) is 0.0500. The standard InChI is InChI=1S/C20H15N5O2/c1-13(26)15-5-7-16(8-6-15)22-19-10-9-18(24-25-19)20(27)23-17-4-2-3-14(11-17)12-21/h2-11H,1H3,(H,22,25)(H,23,27). The molecule has 0 fully saturated rings. The number of aromatic nitrogens is 2. The molecule has 0 aliphatic rings. The fourth-order valence-electron chi connectivity index (χ4n) is 2.32. The zero-order valence-corrected chi connectivity index (χ0v) is 14.4. The highest BCUT2D eigenvalue weighted by atomic mass is 16.2. The monoisotopic (exact) mass is 357 g/mol. The van der Waals surface area contributed by atoms with E-state index in [-0.39, 0.29) is 11.5 Å². The molecule has 132 valence electrons. The van der Waals surface area contributed by atoms with Crippen LogP contribution in [0.5, 0.6) is 0 Å². The van der Waals surface area contributed by atoms with Crippen LogP contribution in [0.15, 0.2) is 60.7 Å². The summed E-state index contributed by atoms with van der Waals surface area (Å²) in [7, 11) is 0. The largest absolute Gasteiger partial charge is 0.339 e. The Bertz CT molecular complexity index is 1020. The van der Waals surface area contributed by atoms with Crippen LogP contribution in [0.2, 0.25) is 0 Å². The summed E-state index contributed by atoms with van der Waals surface area (Å²) in [6.45, 7) is 1.51. The Morgan fingerprint density at radius 1 is 0.963 bits per heavy atom. The molecule has 1 heterocycles. The van der Waals surface area contributed by atoms with E-state index in [1.165, 1.54) is 6.92 Å². The number of nitrogens with one attached hydrogen (secondary N) is 2. The minimum Gasteiger partial charge on any atom is -0.339 e. The molecule has 27 heavy (non-hydrogen) atoms. The van der Waals surface area contributed by atoms with E-state index in [9.17, 15) is 9.59 Å². The van der Waals surface area contributed by atoms with Gasteiger partial charge in [-0.25, -0.2) is 0 Å². The van der Waals surface area contributed by atoms with E-state index in [0.29, 0.717) is 22.6 Å². The van der Waals surface area contributed by atoms with Crippen molar-refractivity contribution >= 4 is 28.9 Å². The number of Topliss-reactive ketones (excluding diaryl/α,β-unsaturated/α-hetero) is 1. The SMILES string of the molecule is CC(=O)c1ccc(Nc2ccc(C(=O)Nc3cccc(C#N)c3)nn2)cc1. The first kappa shape index (κ1) is 17.8. The first-order valence-electron chi connectivity index (χ1n) is 8.08. The smallest absolute Gasteiger partial charge is 0.276 e. The summed E-state index contributed by atoms with van der Waals surface area (Å²) in [6, 6.07) is 18.8. The summed E-state index contributed by atoms with van der Waals surface area (Å²) in [5.74, 6) is 0.0422. The minimum absolute atomic E-state index is 0.00277. The Hall–Kier alpha value is -4.05. The van der Waals surface area contributed by atoms with E-state index in [1.54, 1.807) is 60.7 Å². The zero-order chi connectivity index (χ0) is 19.2.